The minimum Gasteiger partial charge on any atom is -0.466 e. The van der Waals surface area contributed by atoms with E-state index in [4.69, 9.17) is 9.72 Å². The first-order chi connectivity index (χ1) is 17.1. The molecule has 5 rings (SSSR count). The molecule has 0 unspecified atom stereocenters. The molecule has 1 saturated heterocycles. The largest absolute Gasteiger partial charge is 0.466 e. The van der Waals surface area contributed by atoms with Gasteiger partial charge in [-0.05, 0) is 55.3 Å². The highest BCUT2D eigenvalue weighted by atomic mass is 16.5. The fraction of sp³-hybridized carbons (Fsp3) is 0.296. The normalized spacial score (nSPS) is 14.2. The maximum absolute atomic E-state index is 13.0. The van der Waals surface area contributed by atoms with Gasteiger partial charge in [0, 0.05) is 38.1 Å². The standard InChI is InChI=1S/C27H29N5O3/c1-2-35-25(33)19-20-10-12-21(13-11-20)28-27(34)31-15-6-14-30(17-18-31)26-24-9-5-16-32(24)23-8-4-3-7-22(23)29-26/h3-5,7-13,16H,2,6,14-15,17-19H2,1H3,(H,28,34). The van der Waals surface area contributed by atoms with Gasteiger partial charge in [-0.25, -0.2) is 9.78 Å². The molecule has 35 heavy (non-hydrogen) atoms. The van der Waals surface area contributed by atoms with Crippen molar-refractivity contribution in [3.8, 4) is 0 Å². The molecule has 1 aliphatic heterocycles. The smallest absolute Gasteiger partial charge is 0.321 e. The topological polar surface area (TPSA) is 79.2 Å². The zero-order valence-corrected chi connectivity index (χ0v) is 19.8. The average Bonchev–Trinajstić information content (AvgIpc) is 3.23. The number of carbonyl (C=O) groups is 2. The van der Waals surface area contributed by atoms with Crippen LogP contribution in [0, 0.1) is 0 Å². The van der Waals surface area contributed by atoms with E-state index in [9.17, 15) is 9.59 Å². The summed E-state index contributed by atoms with van der Waals surface area (Å²) < 4.78 is 7.17. The number of aromatic nitrogens is 2. The van der Waals surface area contributed by atoms with Crippen molar-refractivity contribution in [2.24, 2.45) is 0 Å². The molecule has 0 radical (unpaired) electrons. The van der Waals surface area contributed by atoms with Crippen molar-refractivity contribution in [2.75, 3.05) is 43.0 Å². The second kappa shape index (κ2) is 10.0. The molecule has 3 heterocycles. The van der Waals surface area contributed by atoms with Gasteiger partial charge >= 0.3 is 12.0 Å². The quantitative estimate of drug-likeness (QED) is 0.438. The van der Waals surface area contributed by atoms with Crippen molar-refractivity contribution < 1.29 is 14.3 Å². The van der Waals surface area contributed by atoms with Gasteiger partial charge in [-0.15, -0.1) is 0 Å². The van der Waals surface area contributed by atoms with Crippen LogP contribution in [-0.4, -0.2) is 59.1 Å². The number of benzene rings is 2. The summed E-state index contributed by atoms with van der Waals surface area (Å²) in [5, 5.41) is 2.98. The first kappa shape index (κ1) is 22.7. The maximum atomic E-state index is 13.0. The first-order valence-electron chi connectivity index (χ1n) is 12.0. The number of hydrogen-bond donors (Lipinski definition) is 1. The lowest BCUT2D eigenvalue weighted by Gasteiger charge is -2.24. The van der Waals surface area contributed by atoms with Gasteiger partial charge in [-0.2, -0.15) is 0 Å². The van der Waals surface area contributed by atoms with Crippen LogP contribution in [0.3, 0.4) is 0 Å². The summed E-state index contributed by atoms with van der Waals surface area (Å²) in [4.78, 5) is 33.7. The van der Waals surface area contributed by atoms with E-state index in [2.05, 4.69) is 32.9 Å². The Morgan fingerprint density at radius 1 is 0.943 bits per heavy atom. The summed E-state index contributed by atoms with van der Waals surface area (Å²) in [6, 6.07) is 19.5. The molecule has 2 amide bonds. The highest BCUT2D eigenvalue weighted by Gasteiger charge is 2.22. The molecule has 0 bridgehead atoms. The molecule has 2 aromatic heterocycles. The Kier molecular flexibility index (Phi) is 6.52. The second-order valence-corrected chi connectivity index (χ2v) is 8.62. The number of esters is 1. The molecule has 8 nitrogen and oxygen atoms in total. The zero-order chi connectivity index (χ0) is 24.2. The maximum Gasteiger partial charge on any atom is 0.321 e. The lowest BCUT2D eigenvalue weighted by molar-refractivity contribution is -0.142. The summed E-state index contributed by atoms with van der Waals surface area (Å²) in [5.41, 5.74) is 4.67. The van der Waals surface area contributed by atoms with E-state index in [1.807, 2.05) is 53.4 Å². The Hall–Kier alpha value is -4.07. The summed E-state index contributed by atoms with van der Waals surface area (Å²) in [6.07, 6.45) is 3.15. The number of nitrogens with one attached hydrogen (secondary N) is 1. The summed E-state index contributed by atoms with van der Waals surface area (Å²) in [6.45, 7) is 4.98. The van der Waals surface area contributed by atoms with Gasteiger partial charge in [0.1, 0.15) is 0 Å². The van der Waals surface area contributed by atoms with Gasteiger partial charge in [0.15, 0.2) is 5.82 Å². The van der Waals surface area contributed by atoms with Gasteiger partial charge in [0.2, 0.25) is 0 Å². The SMILES string of the molecule is CCOC(=O)Cc1ccc(NC(=O)N2CCCN(c3nc4ccccc4n4cccc34)CC2)cc1. The van der Waals surface area contributed by atoms with E-state index in [1.54, 1.807) is 6.92 Å². The predicted molar refractivity (Wildman–Crippen MR) is 137 cm³/mol. The lowest BCUT2D eigenvalue weighted by Crippen LogP contribution is -2.38. The van der Waals surface area contributed by atoms with E-state index in [1.165, 1.54) is 0 Å². The number of carbonyl (C=O) groups excluding carboxylic acids is 2. The third-order valence-corrected chi connectivity index (χ3v) is 6.29. The fourth-order valence-corrected chi connectivity index (χ4v) is 4.56. The van der Waals surface area contributed by atoms with Gasteiger partial charge in [0.05, 0.1) is 29.6 Å². The number of para-hydroxylation sites is 2. The van der Waals surface area contributed by atoms with Crippen molar-refractivity contribution in [3.63, 3.8) is 0 Å². The van der Waals surface area contributed by atoms with Crippen molar-refractivity contribution >= 4 is 40.1 Å². The van der Waals surface area contributed by atoms with Crippen molar-refractivity contribution in [1.29, 1.82) is 0 Å². The second-order valence-electron chi connectivity index (χ2n) is 8.62. The fourth-order valence-electron chi connectivity index (χ4n) is 4.56. The van der Waals surface area contributed by atoms with Crippen LogP contribution in [0.1, 0.15) is 18.9 Å². The van der Waals surface area contributed by atoms with E-state index >= 15 is 0 Å². The monoisotopic (exact) mass is 471 g/mol. The molecule has 0 aliphatic carbocycles. The van der Waals surface area contributed by atoms with Crippen LogP contribution >= 0.6 is 0 Å². The molecule has 0 saturated carbocycles. The molecular weight excluding hydrogens is 442 g/mol. The minimum absolute atomic E-state index is 0.121. The molecule has 1 aliphatic rings. The van der Waals surface area contributed by atoms with E-state index in [-0.39, 0.29) is 18.4 Å². The summed E-state index contributed by atoms with van der Waals surface area (Å²) in [7, 11) is 0. The van der Waals surface area contributed by atoms with E-state index < -0.39 is 0 Å². The lowest BCUT2D eigenvalue weighted by atomic mass is 10.1. The summed E-state index contributed by atoms with van der Waals surface area (Å²) >= 11 is 0. The number of anilines is 2. The summed E-state index contributed by atoms with van der Waals surface area (Å²) in [5.74, 6) is 0.699. The molecule has 2 aromatic carbocycles. The number of amides is 2. The highest BCUT2D eigenvalue weighted by molar-refractivity contribution is 5.89. The van der Waals surface area contributed by atoms with Crippen LogP contribution < -0.4 is 10.2 Å². The van der Waals surface area contributed by atoms with Crippen molar-refractivity contribution in [2.45, 2.75) is 19.8 Å². The Bertz CT molecular complexity index is 1350. The molecule has 1 fully saturated rings. The first-order valence-corrected chi connectivity index (χ1v) is 12.0. The van der Waals surface area contributed by atoms with Crippen LogP contribution in [0.2, 0.25) is 0 Å². The molecule has 180 valence electrons. The third-order valence-electron chi connectivity index (χ3n) is 6.29. The number of urea groups is 1. The average molecular weight is 472 g/mol. The molecule has 0 atom stereocenters. The van der Waals surface area contributed by atoms with Crippen LogP contribution in [0.25, 0.3) is 16.6 Å². The number of ether oxygens (including phenoxy) is 1. The van der Waals surface area contributed by atoms with E-state index in [0.717, 1.165) is 40.9 Å². The van der Waals surface area contributed by atoms with Gasteiger partial charge in [-0.1, -0.05) is 24.3 Å². The predicted octanol–water partition coefficient (Wildman–Crippen LogP) is 4.34. The van der Waals surface area contributed by atoms with Crippen molar-refractivity contribution in [1.82, 2.24) is 14.3 Å². The zero-order valence-electron chi connectivity index (χ0n) is 19.8. The number of fused-ring (bicyclic) bond motifs is 3. The Labute approximate surface area is 204 Å². The Morgan fingerprint density at radius 3 is 2.57 bits per heavy atom. The minimum atomic E-state index is -0.253. The molecular formula is C27H29N5O3. The molecule has 1 N–H and O–H groups in total. The molecule has 4 aromatic rings. The Morgan fingerprint density at radius 2 is 1.74 bits per heavy atom. The van der Waals surface area contributed by atoms with Crippen molar-refractivity contribution in [3.05, 3.63) is 72.4 Å². The van der Waals surface area contributed by atoms with E-state index in [0.29, 0.717) is 31.9 Å². The van der Waals surface area contributed by atoms with Crippen LogP contribution in [0.4, 0.5) is 16.3 Å². The molecule has 0 spiro atoms. The van der Waals surface area contributed by atoms with Gasteiger partial charge in [-0.3, -0.25) is 4.79 Å². The number of rotatable bonds is 5. The van der Waals surface area contributed by atoms with Gasteiger partial charge < -0.3 is 24.3 Å². The highest BCUT2D eigenvalue weighted by Crippen LogP contribution is 2.26. The van der Waals surface area contributed by atoms with Crippen LogP contribution in [0.5, 0.6) is 0 Å². The number of nitrogens with zero attached hydrogens (tertiary/aromatic N) is 4. The van der Waals surface area contributed by atoms with Crippen LogP contribution in [0.15, 0.2) is 66.9 Å². The van der Waals surface area contributed by atoms with Gasteiger partial charge in [0.25, 0.3) is 0 Å². The van der Waals surface area contributed by atoms with Crippen LogP contribution in [-0.2, 0) is 16.0 Å². The number of hydrogen-bond acceptors (Lipinski definition) is 5. The molecule has 8 heteroatoms. The Balaban J connectivity index is 1.25. The third kappa shape index (κ3) is 4.91.